The summed E-state index contributed by atoms with van der Waals surface area (Å²) in [6.45, 7) is 3.49. The minimum Gasteiger partial charge on any atom is -0.307 e. The molecule has 1 unspecified atom stereocenters. The molecule has 2 heterocycles. The van der Waals surface area contributed by atoms with Crippen molar-refractivity contribution in [1.29, 1.82) is 0 Å². The summed E-state index contributed by atoms with van der Waals surface area (Å²) in [5, 5.41) is 6.02. The first-order chi connectivity index (χ1) is 7.37. The molecule has 0 saturated carbocycles. The van der Waals surface area contributed by atoms with E-state index < -0.39 is 0 Å². The van der Waals surface area contributed by atoms with E-state index in [-0.39, 0.29) is 0 Å². The van der Waals surface area contributed by atoms with Crippen LogP contribution in [0.4, 0.5) is 0 Å². The molecule has 1 N–H and O–H groups in total. The van der Waals surface area contributed by atoms with Gasteiger partial charge >= 0.3 is 0 Å². The van der Waals surface area contributed by atoms with E-state index in [1.54, 1.807) is 4.88 Å². The van der Waals surface area contributed by atoms with Gasteiger partial charge in [0.1, 0.15) is 0 Å². The molecule has 2 rings (SSSR count). The molecule has 1 atom stereocenters. The van der Waals surface area contributed by atoms with Crippen molar-refractivity contribution in [2.45, 2.75) is 51.0 Å². The highest BCUT2D eigenvalue weighted by atomic mass is 32.1. The molecule has 0 bridgehead atoms. The summed E-state index contributed by atoms with van der Waals surface area (Å²) in [5.41, 5.74) is 0.305. The van der Waals surface area contributed by atoms with Crippen LogP contribution in [-0.4, -0.2) is 6.54 Å². The zero-order valence-electron chi connectivity index (χ0n) is 9.59. The van der Waals surface area contributed by atoms with Crippen LogP contribution in [0.15, 0.2) is 17.5 Å². The molecule has 1 aromatic heterocycles. The number of rotatable bonds is 3. The normalized spacial score (nSPS) is 27.5. The van der Waals surface area contributed by atoms with Gasteiger partial charge in [-0.2, -0.15) is 0 Å². The molecule has 84 valence electrons. The molecule has 1 nitrogen and oxygen atoms in total. The van der Waals surface area contributed by atoms with E-state index in [0.717, 1.165) is 0 Å². The van der Waals surface area contributed by atoms with Gasteiger partial charge in [-0.15, -0.1) is 11.3 Å². The SMILES string of the molecule is CCCC1(c2cccs2)CCCCCN1. The van der Waals surface area contributed by atoms with Crippen molar-refractivity contribution in [3.8, 4) is 0 Å². The molecular weight excluding hydrogens is 202 g/mol. The van der Waals surface area contributed by atoms with Crippen LogP contribution in [0, 0.1) is 0 Å². The molecule has 1 aliphatic rings. The molecular formula is C13H21NS. The maximum atomic E-state index is 3.81. The molecule has 0 amide bonds. The van der Waals surface area contributed by atoms with Crippen LogP contribution < -0.4 is 5.32 Å². The maximum Gasteiger partial charge on any atom is 0.0528 e. The second kappa shape index (κ2) is 5.13. The Balaban J connectivity index is 2.21. The second-order valence-corrected chi connectivity index (χ2v) is 5.49. The minimum atomic E-state index is 0.305. The van der Waals surface area contributed by atoms with Gasteiger partial charge < -0.3 is 5.32 Å². The van der Waals surface area contributed by atoms with Crippen molar-refractivity contribution in [2.75, 3.05) is 6.54 Å². The Bertz CT molecular complexity index is 271. The van der Waals surface area contributed by atoms with E-state index in [9.17, 15) is 0 Å². The quantitative estimate of drug-likeness (QED) is 0.819. The first kappa shape index (κ1) is 11.2. The van der Waals surface area contributed by atoms with Gasteiger partial charge in [0.2, 0.25) is 0 Å². The van der Waals surface area contributed by atoms with Crippen LogP contribution in [0.2, 0.25) is 0 Å². The lowest BCUT2D eigenvalue weighted by molar-refractivity contribution is 0.303. The summed E-state index contributed by atoms with van der Waals surface area (Å²) in [5.74, 6) is 0. The smallest absolute Gasteiger partial charge is 0.0528 e. The molecule has 0 spiro atoms. The molecule has 0 radical (unpaired) electrons. The predicted molar refractivity (Wildman–Crippen MR) is 67.4 cm³/mol. The fourth-order valence-electron chi connectivity index (χ4n) is 2.67. The standard InChI is InChI=1S/C13H21NS/c1-2-8-13(12-7-6-11-15-12)9-4-3-5-10-14-13/h6-7,11,14H,2-5,8-10H2,1H3. The van der Waals surface area contributed by atoms with Crippen molar-refractivity contribution in [3.05, 3.63) is 22.4 Å². The Kier molecular flexibility index (Phi) is 3.81. The van der Waals surface area contributed by atoms with Gasteiger partial charge in [0, 0.05) is 4.88 Å². The van der Waals surface area contributed by atoms with E-state index >= 15 is 0 Å². The molecule has 0 aliphatic carbocycles. The molecule has 15 heavy (non-hydrogen) atoms. The summed E-state index contributed by atoms with van der Waals surface area (Å²) in [6.07, 6.45) is 7.99. The van der Waals surface area contributed by atoms with Crippen LogP contribution in [0.3, 0.4) is 0 Å². The van der Waals surface area contributed by atoms with Crippen LogP contribution in [0.5, 0.6) is 0 Å². The summed E-state index contributed by atoms with van der Waals surface area (Å²) >= 11 is 1.91. The van der Waals surface area contributed by atoms with Crippen LogP contribution in [0.1, 0.15) is 50.3 Å². The van der Waals surface area contributed by atoms with Gasteiger partial charge in [0.15, 0.2) is 0 Å². The van der Waals surface area contributed by atoms with Crippen molar-refractivity contribution >= 4 is 11.3 Å². The number of hydrogen-bond donors (Lipinski definition) is 1. The third kappa shape index (κ3) is 2.43. The third-order valence-electron chi connectivity index (χ3n) is 3.41. The van der Waals surface area contributed by atoms with E-state index in [2.05, 4.69) is 29.8 Å². The van der Waals surface area contributed by atoms with Crippen molar-refractivity contribution in [3.63, 3.8) is 0 Å². The molecule has 1 fully saturated rings. The summed E-state index contributed by atoms with van der Waals surface area (Å²) < 4.78 is 0. The lowest BCUT2D eigenvalue weighted by Crippen LogP contribution is -2.41. The zero-order valence-corrected chi connectivity index (χ0v) is 10.4. The van der Waals surface area contributed by atoms with Gasteiger partial charge in [0.25, 0.3) is 0 Å². The Hall–Kier alpha value is -0.340. The average Bonchev–Trinajstić information content (AvgIpc) is 2.68. The van der Waals surface area contributed by atoms with Crippen molar-refractivity contribution in [1.82, 2.24) is 5.32 Å². The number of nitrogens with one attached hydrogen (secondary N) is 1. The molecule has 2 heteroatoms. The number of thiophene rings is 1. The van der Waals surface area contributed by atoms with Gasteiger partial charge in [-0.05, 0) is 37.3 Å². The Morgan fingerprint density at radius 3 is 3.07 bits per heavy atom. The summed E-state index contributed by atoms with van der Waals surface area (Å²) in [7, 11) is 0. The summed E-state index contributed by atoms with van der Waals surface area (Å²) in [4.78, 5) is 1.55. The highest BCUT2D eigenvalue weighted by Gasteiger charge is 2.32. The van der Waals surface area contributed by atoms with Crippen LogP contribution in [-0.2, 0) is 5.54 Å². The van der Waals surface area contributed by atoms with E-state index in [1.807, 2.05) is 11.3 Å². The average molecular weight is 223 g/mol. The lowest BCUT2D eigenvalue weighted by atomic mass is 9.87. The fraction of sp³-hybridized carbons (Fsp3) is 0.692. The van der Waals surface area contributed by atoms with E-state index in [1.165, 1.54) is 45.1 Å². The van der Waals surface area contributed by atoms with Crippen molar-refractivity contribution in [2.24, 2.45) is 0 Å². The first-order valence-corrected chi connectivity index (χ1v) is 7.04. The van der Waals surface area contributed by atoms with Crippen LogP contribution in [0.25, 0.3) is 0 Å². The van der Waals surface area contributed by atoms with Crippen molar-refractivity contribution < 1.29 is 0 Å². The summed E-state index contributed by atoms with van der Waals surface area (Å²) in [6, 6.07) is 4.49. The van der Waals surface area contributed by atoms with E-state index in [0.29, 0.717) is 5.54 Å². The first-order valence-electron chi connectivity index (χ1n) is 6.16. The van der Waals surface area contributed by atoms with Gasteiger partial charge in [-0.3, -0.25) is 0 Å². The molecule has 1 aliphatic heterocycles. The maximum absolute atomic E-state index is 3.81. The Labute approximate surface area is 96.9 Å². The Morgan fingerprint density at radius 1 is 1.40 bits per heavy atom. The highest BCUT2D eigenvalue weighted by Crippen LogP contribution is 2.36. The largest absolute Gasteiger partial charge is 0.307 e. The lowest BCUT2D eigenvalue weighted by Gasteiger charge is -2.32. The molecule has 0 aromatic carbocycles. The minimum absolute atomic E-state index is 0.305. The van der Waals surface area contributed by atoms with Gasteiger partial charge in [0.05, 0.1) is 5.54 Å². The second-order valence-electron chi connectivity index (χ2n) is 4.55. The third-order valence-corrected chi connectivity index (χ3v) is 4.49. The number of hydrogen-bond acceptors (Lipinski definition) is 2. The predicted octanol–water partition coefficient (Wildman–Crippen LogP) is 3.91. The molecule has 1 aromatic rings. The highest BCUT2D eigenvalue weighted by molar-refractivity contribution is 7.10. The topological polar surface area (TPSA) is 12.0 Å². The van der Waals surface area contributed by atoms with Gasteiger partial charge in [-0.25, -0.2) is 0 Å². The van der Waals surface area contributed by atoms with Crippen LogP contribution >= 0.6 is 11.3 Å². The zero-order chi connectivity index (χ0) is 10.6. The van der Waals surface area contributed by atoms with E-state index in [4.69, 9.17) is 0 Å². The van der Waals surface area contributed by atoms with Gasteiger partial charge in [-0.1, -0.05) is 32.3 Å². The fourth-order valence-corrected chi connectivity index (χ4v) is 3.63. The molecule has 1 saturated heterocycles. The monoisotopic (exact) mass is 223 g/mol. The Morgan fingerprint density at radius 2 is 2.33 bits per heavy atom.